The van der Waals surface area contributed by atoms with Gasteiger partial charge in [0, 0.05) is 12.8 Å². The maximum Gasteiger partial charge on any atom is 0.303 e. The zero-order valence-corrected chi connectivity index (χ0v) is 16.0. The Labute approximate surface area is 151 Å². The molecule has 0 unspecified atom stereocenters. The smallest absolute Gasteiger partial charge is 0.303 e. The van der Waals surface area contributed by atoms with Crippen molar-refractivity contribution in [1.82, 2.24) is 0 Å². The zero-order chi connectivity index (χ0) is 18.1. The first-order valence-corrected chi connectivity index (χ1v) is 10.2. The third-order valence-electron chi connectivity index (χ3n) is 8.88. The quantitative estimate of drug-likeness (QED) is 0.749. The number of fused-ring (bicyclic) bond motifs is 3. The predicted octanol–water partition coefficient (Wildman–Crippen LogP) is 3.44. The number of carbonyl (C=O) groups excluding carboxylic acids is 1. The Bertz CT molecular complexity index is 572. The number of ether oxygens (including phenoxy) is 1. The van der Waals surface area contributed by atoms with Gasteiger partial charge < -0.3 is 14.9 Å². The van der Waals surface area contributed by atoms with Gasteiger partial charge in [0.15, 0.2) is 0 Å². The van der Waals surface area contributed by atoms with E-state index in [-0.39, 0.29) is 23.4 Å². The fraction of sp³-hybridized carbons (Fsp3) is 0.952. The van der Waals surface area contributed by atoms with Crippen LogP contribution < -0.4 is 0 Å². The van der Waals surface area contributed by atoms with Gasteiger partial charge in [0.05, 0.1) is 12.2 Å². The minimum Gasteiger partial charge on any atom is -0.456 e. The van der Waals surface area contributed by atoms with E-state index in [2.05, 4.69) is 6.92 Å². The second kappa shape index (κ2) is 5.45. The van der Waals surface area contributed by atoms with Crippen molar-refractivity contribution in [3.8, 4) is 0 Å². The van der Waals surface area contributed by atoms with Crippen molar-refractivity contribution in [1.29, 1.82) is 0 Å². The molecule has 1 spiro atoms. The molecule has 4 heteroatoms. The van der Waals surface area contributed by atoms with Gasteiger partial charge in [-0.15, -0.1) is 0 Å². The first kappa shape index (κ1) is 17.8. The number of rotatable bonds is 2. The van der Waals surface area contributed by atoms with Crippen molar-refractivity contribution < 1.29 is 19.7 Å². The maximum atomic E-state index is 11.7. The van der Waals surface area contributed by atoms with Crippen LogP contribution in [-0.2, 0) is 9.53 Å². The topological polar surface area (TPSA) is 66.8 Å². The molecule has 4 fully saturated rings. The summed E-state index contributed by atoms with van der Waals surface area (Å²) >= 11 is 0. The summed E-state index contributed by atoms with van der Waals surface area (Å²) in [7, 11) is 0. The highest BCUT2D eigenvalue weighted by Gasteiger charge is 2.68. The minimum atomic E-state index is -0.666. The Morgan fingerprint density at radius 2 is 1.88 bits per heavy atom. The largest absolute Gasteiger partial charge is 0.456 e. The van der Waals surface area contributed by atoms with Crippen molar-refractivity contribution >= 4 is 5.97 Å². The van der Waals surface area contributed by atoms with Crippen molar-refractivity contribution in [2.24, 2.45) is 28.6 Å². The molecule has 0 aliphatic heterocycles. The second-order valence-electron chi connectivity index (χ2n) is 10.2. The van der Waals surface area contributed by atoms with E-state index in [4.69, 9.17) is 4.74 Å². The summed E-state index contributed by atoms with van der Waals surface area (Å²) in [5.74, 6) is 0.974. The fourth-order valence-electron chi connectivity index (χ4n) is 8.19. The Kier molecular flexibility index (Phi) is 3.88. The molecule has 0 aromatic rings. The van der Waals surface area contributed by atoms with E-state index in [1.807, 2.05) is 6.92 Å². The number of hydrogen-bond acceptors (Lipinski definition) is 4. The molecule has 4 aliphatic rings. The molecule has 0 radical (unpaired) electrons. The first-order valence-electron chi connectivity index (χ1n) is 10.2. The van der Waals surface area contributed by atoms with Gasteiger partial charge in [-0.05, 0) is 81.0 Å². The van der Waals surface area contributed by atoms with Crippen LogP contribution in [0.15, 0.2) is 0 Å². The molecule has 0 heterocycles. The Balaban J connectivity index is 1.70. The van der Waals surface area contributed by atoms with Crippen LogP contribution in [0.3, 0.4) is 0 Å². The highest BCUT2D eigenvalue weighted by molar-refractivity contribution is 5.66. The van der Waals surface area contributed by atoms with E-state index in [9.17, 15) is 15.0 Å². The maximum absolute atomic E-state index is 11.7. The van der Waals surface area contributed by atoms with Gasteiger partial charge >= 0.3 is 5.97 Å². The van der Waals surface area contributed by atoms with Gasteiger partial charge in [-0.1, -0.05) is 13.3 Å². The molecule has 25 heavy (non-hydrogen) atoms. The molecule has 4 nitrogen and oxygen atoms in total. The van der Waals surface area contributed by atoms with Crippen LogP contribution in [0.2, 0.25) is 0 Å². The van der Waals surface area contributed by atoms with E-state index < -0.39 is 11.2 Å². The van der Waals surface area contributed by atoms with Crippen LogP contribution in [0.5, 0.6) is 0 Å². The molecule has 0 amide bonds. The first-order chi connectivity index (χ1) is 11.7. The molecular weight excluding hydrogens is 316 g/mol. The molecule has 4 aliphatic carbocycles. The average molecular weight is 350 g/mol. The summed E-state index contributed by atoms with van der Waals surface area (Å²) in [6, 6.07) is 0. The summed E-state index contributed by atoms with van der Waals surface area (Å²) in [6.07, 6.45) is 9.47. The molecular formula is C21H34O4. The van der Waals surface area contributed by atoms with Crippen molar-refractivity contribution in [2.45, 2.75) is 89.8 Å². The SMILES string of the molecule is CC(=O)O[C@@]1(CO)C[C@@]23CC[C@H]4[C@@](C)(CCC[C@@]4(C)O)[C@H]2CC[C@@H]1C3. The Hall–Kier alpha value is -0.610. The number of esters is 1. The van der Waals surface area contributed by atoms with E-state index >= 15 is 0 Å². The highest BCUT2D eigenvalue weighted by Crippen LogP contribution is 2.72. The standard InChI is InChI=1S/C21H34O4/c1-14(23)25-21(13-22)12-20-10-7-16-18(2,8-4-9-19(16,3)24)17(20)6-5-15(21)11-20/h15-17,22,24H,4-13H2,1-3H3/t15-,16+,17-,18-,19-,20+,21-/m1/s1. The van der Waals surface area contributed by atoms with Crippen LogP contribution in [-0.4, -0.2) is 34.0 Å². The van der Waals surface area contributed by atoms with Crippen LogP contribution >= 0.6 is 0 Å². The molecule has 4 saturated carbocycles. The monoisotopic (exact) mass is 350 g/mol. The summed E-state index contributed by atoms with van der Waals surface area (Å²) in [4.78, 5) is 11.7. The van der Waals surface area contributed by atoms with Crippen LogP contribution in [0.1, 0.15) is 78.6 Å². The second-order valence-corrected chi connectivity index (χ2v) is 10.2. The van der Waals surface area contributed by atoms with Crippen LogP contribution in [0, 0.1) is 28.6 Å². The summed E-state index contributed by atoms with van der Waals surface area (Å²) < 4.78 is 5.78. The highest BCUT2D eigenvalue weighted by atomic mass is 16.6. The van der Waals surface area contributed by atoms with Gasteiger partial charge in [0.25, 0.3) is 0 Å². The number of carbonyl (C=O) groups is 1. The summed E-state index contributed by atoms with van der Waals surface area (Å²) in [6.45, 7) is 5.88. The lowest BCUT2D eigenvalue weighted by atomic mass is 9.43. The van der Waals surface area contributed by atoms with Gasteiger partial charge in [-0.3, -0.25) is 4.79 Å². The lowest BCUT2D eigenvalue weighted by Crippen LogP contribution is -2.58. The molecule has 2 N–H and O–H groups in total. The van der Waals surface area contributed by atoms with Crippen LogP contribution in [0.4, 0.5) is 0 Å². The third-order valence-corrected chi connectivity index (χ3v) is 8.88. The molecule has 142 valence electrons. The fourth-order valence-corrected chi connectivity index (χ4v) is 8.19. The molecule has 7 atom stereocenters. The molecule has 0 aromatic carbocycles. The third kappa shape index (κ3) is 2.36. The van der Waals surface area contributed by atoms with E-state index in [0.717, 1.165) is 51.4 Å². The van der Waals surface area contributed by atoms with Gasteiger partial charge in [0.1, 0.15) is 5.60 Å². The number of hydrogen-bond donors (Lipinski definition) is 2. The van der Waals surface area contributed by atoms with Crippen molar-refractivity contribution in [3.63, 3.8) is 0 Å². The summed E-state index contributed by atoms with van der Waals surface area (Å²) in [5, 5.41) is 21.2. The average Bonchev–Trinajstić information content (AvgIpc) is 2.73. The van der Waals surface area contributed by atoms with E-state index in [1.54, 1.807) is 0 Å². The zero-order valence-electron chi connectivity index (χ0n) is 16.0. The van der Waals surface area contributed by atoms with Crippen molar-refractivity contribution in [3.05, 3.63) is 0 Å². The van der Waals surface area contributed by atoms with Gasteiger partial charge in [0.2, 0.25) is 0 Å². The van der Waals surface area contributed by atoms with E-state index in [1.165, 1.54) is 13.3 Å². The lowest BCUT2D eigenvalue weighted by molar-refractivity contribution is -0.181. The lowest BCUT2D eigenvalue weighted by Gasteiger charge is -2.63. The Morgan fingerprint density at radius 3 is 2.56 bits per heavy atom. The number of aliphatic hydroxyl groups is 2. The molecule has 0 aromatic heterocycles. The van der Waals surface area contributed by atoms with Gasteiger partial charge in [-0.25, -0.2) is 0 Å². The summed E-state index contributed by atoms with van der Waals surface area (Å²) in [5.41, 5.74) is -0.860. The molecule has 0 saturated heterocycles. The van der Waals surface area contributed by atoms with Crippen LogP contribution in [0.25, 0.3) is 0 Å². The van der Waals surface area contributed by atoms with E-state index in [0.29, 0.717) is 17.8 Å². The number of aliphatic hydroxyl groups excluding tert-OH is 1. The minimum absolute atomic E-state index is 0.0520. The predicted molar refractivity (Wildman–Crippen MR) is 94.8 cm³/mol. The molecule has 2 bridgehead atoms. The van der Waals surface area contributed by atoms with Crippen molar-refractivity contribution in [2.75, 3.05) is 6.61 Å². The molecule has 4 rings (SSSR count). The normalized spacial score (nSPS) is 54.5. The van der Waals surface area contributed by atoms with Gasteiger partial charge in [-0.2, -0.15) is 0 Å². The Morgan fingerprint density at radius 1 is 1.12 bits per heavy atom.